The number of halogens is 5. The smallest absolute Gasteiger partial charge is 0.392 e. The number of carbonyl (C=O) groups is 1. The zero-order valence-electron chi connectivity index (χ0n) is 15.2. The summed E-state index contributed by atoms with van der Waals surface area (Å²) in [5.74, 6) is -1.53. The van der Waals surface area contributed by atoms with Crippen molar-refractivity contribution >= 4 is 11.7 Å². The van der Waals surface area contributed by atoms with Crippen LogP contribution in [0.25, 0.3) is 5.69 Å². The lowest BCUT2D eigenvalue weighted by Gasteiger charge is -2.11. The lowest BCUT2D eigenvalue weighted by Crippen LogP contribution is -2.29. The Balaban J connectivity index is 1.79. The second kappa shape index (κ2) is 8.49. The Hall–Kier alpha value is -3.47. The van der Waals surface area contributed by atoms with Gasteiger partial charge in [0.2, 0.25) is 0 Å². The standard InChI is InChI=1S/C19H15F5N4O2/c20-14-3-1-2-4-16(14)28-13(8-17(27-28)19(22,23)24)9-25-18(30)26-12-6-5-11(10-29)15(21)7-12/h1-8,29H,9-10H2,(H2,25,26,30). The van der Waals surface area contributed by atoms with Gasteiger partial charge >= 0.3 is 12.2 Å². The highest BCUT2D eigenvalue weighted by atomic mass is 19.4. The zero-order chi connectivity index (χ0) is 21.9. The van der Waals surface area contributed by atoms with Crippen LogP contribution < -0.4 is 10.6 Å². The van der Waals surface area contributed by atoms with Gasteiger partial charge in [-0.05, 0) is 30.3 Å². The number of anilines is 1. The quantitative estimate of drug-likeness (QED) is 0.540. The molecule has 0 aliphatic rings. The molecule has 2 aromatic carbocycles. The number of amides is 2. The van der Waals surface area contributed by atoms with Crippen molar-refractivity contribution in [3.63, 3.8) is 0 Å². The van der Waals surface area contributed by atoms with Gasteiger partial charge in [0.25, 0.3) is 0 Å². The summed E-state index contributed by atoms with van der Waals surface area (Å²) < 4.78 is 67.7. The molecule has 0 bridgehead atoms. The summed E-state index contributed by atoms with van der Waals surface area (Å²) in [7, 11) is 0. The van der Waals surface area contributed by atoms with E-state index in [0.717, 1.165) is 16.8 Å². The predicted molar refractivity (Wildman–Crippen MR) is 96.7 cm³/mol. The summed E-state index contributed by atoms with van der Waals surface area (Å²) >= 11 is 0. The van der Waals surface area contributed by atoms with E-state index in [4.69, 9.17) is 5.11 Å². The third-order valence-electron chi connectivity index (χ3n) is 4.07. The molecule has 0 saturated heterocycles. The van der Waals surface area contributed by atoms with E-state index in [9.17, 15) is 26.7 Å². The third-order valence-corrected chi connectivity index (χ3v) is 4.07. The average molecular weight is 426 g/mol. The monoisotopic (exact) mass is 426 g/mol. The summed E-state index contributed by atoms with van der Waals surface area (Å²) in [6, 6.07) is 8.59. The molecule has 0 radical (unpaired) electrons. The van der Waals surface area contributed by atoms with Crippen molar-refractivity contribution in [3.05, 3.63) is 77.1 Å². The van der Waals surface area contributed by atoms with Crippen LogP contribution in [0.4, 0.5) is 32.4 Å². The molecule has 0 fully saturated rings. The number of urea groups is 1. The van der Waals surface area contributed by atoms with Crippen LogP contribution in [0.3, 0.4) is 0 Å². The first kappa shape index (κ1) is 21.2. The molecule has 1 heterocycles. The lowest BCUT2D eigenvalue weighted by atomic mass is 10.2. The number of benzene rings is 2. The maximum atomic E-state index is 14.1. The van der Waals surface area contributed by atoms with E-state index in [-0.39, 0.29) is 22.6 Å². The number of carbonyl (C=O) groups excluding carboxylic acids is 1. The summed E-state index contributed by atoms with van der Waals surface area (Å²) in [6.45, 7) is -0.930. The predicted octanol–water partition coefficient (Wildman–Crippen LogP) is 3.98. The Morgan fingerprint density at radius 1 is 1.07 bits per heavy atom. The molecule has 2 amide bonds. The molecule has 30 heavy (non-hydrogen) atoms. The minimum absolute atomic E-state index is 0.0365. The first-order valence-corrected chi connectivity index (χ1v) is 8.54. The number of hydrogen-bond acceptors (Lipinski definition) is 3. The van der Waals surface area contributed by atoms with Crippen molar-refractivity contribution in [3.8, 4) is 5.69 Å². The van der Waals surface area contributed by atoms with Gasteiger partial charge in [-0.2, -0.15) is 18.3 Å². The van der Waals surface area contributed by atoms with E-state index in [0.29, 0.717) is 6.07 Å². The molecule has 3 aromatic rings. The Kier molecular flexibility index (Phi) is 6.01. The largest absolute Gasteiger partial charge is 0.435 e. The zero-order valence-corrected chi connectivity index (χ0v) is 15.2. The van der Waals surface area contributed by atoms with E-state index in [1.54, 1.807) is 0 Å². The average Bonchev–Trinajstić information content (AvgIpc) is 3.11. The fourth-order valence-corrected chi connectivity index (χ4v) is 2.62. The summed E-state index contributed by atoms with van der Waals surface area (Å²) in [6.07, 6.45) is -4.76. The number of rotatable bonds is 5. The molecule has 158 valence electrons. The van der Waals surface area contributed by atoms with Gasteiger partial charge in [0.15, 0.2) is 5.69 Å². The van der Waals surface area contributed by atoms with Crippen molar-refractivity contribution in [1.29, 1.82) is 0 Å². The van der Waals surface area contributed by atoms with Gasteiger partial charge in [-0.1, -0.05) is 18.2 Å². The van der Waals surface area contributed by atoms with E-state index < -0.39 is 42.7 Å². The lowest BCUT2D eigenvalue weighted by molar-refractivity contribution is -0.141. The van der Waals surface area contributed by atoms with E-state index >= 15 is 0 Å². The number of aliphatic hydroxyl groups excluding tert-OH is 1. The van der Waals surface area contributed by atoms with Crippen LogP contribution in [-0.4, -0.2) is 20.9 Å². The first-order chi connectivity index (χ1) is 14.2. The van der Waals surface area contributed by atoms with Gasteiger partial charge in [-0.25, -0.2) is 18.3 Å². The highest BCUT2D eigenvalue weighted by Gasteiger charge is 2.35. The van der Waals surface area contributed by atoms with Gasteiger partial charge < -0.3 is 15.7 Å². The van der Waals surface area contributed by atoms with Crippen molar-refractivity contribution in [2.45, 2.75) is 19.3 Å². The second-order valence-corrected chi connectivity index (χ2v) is 6.15. The Bertz CT molecular complexity index is 1070. The molecular weight excluding hydrogens is 411 g/mol. The molecule has 3 N–H and O–H groups in total. The fraction of sp³-hybridized carbons (Fsp3) is 0.158. The number of alkyl halides is 3. The van der Waals surface area contributed by atoms with Gasteiger partial charge in [-0.3, -0.25) is 0 Å². The van der Waals surface area contributed by atoms with Crippen LogP contribution >= 0.6 is 0 Å². The van der Waals surface area contributed by atoms with Crippen LogP contribution in [0.5, 0.6) is 0 Å². The molecule has 0 aliphatic heterocycles. The van der Waals surface area contributed by atoms with Gasteiger partial charge in [0.05, 0.1) is 18.8 Å². The number of para-hydroxylation sites is 1. The van der Waals surface area contributed by atoms with E-state index in [1.165, 1.54) is 30.3 Å². The topological polar surface area (TPSA) is 79.2 Å². The highest BCUT2D eigenvalue weighted by Crippen LogP contribution is 2.30. The van der Waals surface area contributed by atoms with E-state index in [1.807, 2.05) is 0 Å². The summed E-state index contributed by atoms with van der Waals surface area (Å²) in [5.41, 5.74) is -1.48. The maximum absolute atomic E-state index is 14.1. The number of aliphatic hydroxyl groups is 1. The van der Waals surface area contributed by atoms with Crippen LogP contribution in [0, 0.1) is 11.6 Å². The van der Waals surface area contributed by atoms with Crippen molar-refractivity contribution < 1.29 is 31.9 Å². The highest BCUT2D eigenvalue weighted by molar-refractivity contribution is 5.89. The molecular formula is C19H15F5N4O2. The molecule has 0 spiro atoms. The molecule has 0 unspecified atom stereocenters. The Labute approximate surface area is 166 Å². The minimum atomic E-state index is -4.76. The van der Waals surface area contributed by atoms with Crippen molar-refractivity contribution in [2.24, 2.45) is 0 Å². The maximum Gasteiger partial charge on any atom is 0.435 e. The number of nitrogens with zero attached hydrogens (tertiary/aromatic N) is 2. The van der Waals surface area contributed by atoms with Crippen LogP contribution in [0.15, 0.2) is 48.5 Å². The number of aromatic nitrogens is 2. The first-order valence-electron chi connectivity index (χ1n) is 8.54. The number of nitrogens with one attached hydrogen (secondary N) is 2. The molecule has 0 aliphatic carbocycles. The van der Waals surface area contributed by atoms with Gasteiger partial charge in [-0.15, -0.1) is 0 Å². The van der Waals surface area contributed by atoms with Crippen molar-refractivity contribution in [2.75, 3.05) is 5.32 Å². The molecule has 3 rings (SSSR count). The second-order valence-electron chi connectivity index (χ2n) is 6.15. The fourth-order valence-electron chi connectivity index (χ4n) is 2.62. The molecule has 0 atom stereocenters. The minimum Gasteiger partial charge on any atom is -0.392 e. The molecule has 11 heteroatoms. The Morgan fingerprint density at radius 3 is 2.43 bits per heavy atom. The summed E-state index contributed by atoms with van der Waals surface area (Å²) in [4.78, 5) is 12.0. The normalized spacial score (nSPS) is 11.4. The number of hydrogen-bond donors (Lipinski definition) is 3. The van der Waals surface area contributed by atoms with E-state index in [2.05, 4.69) is 15.7 Å². The van der Waals surface area contributed by atoms with Crippen LogP contribution in [0.1, 0.15) is 17.0 Å². The van der Waals surface area contributed by atoms with Crippen LogP contribution in [-0.2, 0) is 19.3 Å². The molecule has 0 saturated carbocycles. The Morgan fingerprint density at radius 2 is 1.80 bits per heavy atom. The SMILES string of the molecule is O=C(NCc1cc(C(F)(F)F)nn1-c1ccccc1F)Nc1ccc(CO)c(F)c1. The van der Waals surface area contributed by atoms with Gasteiger partial charge in [0, 0.05) is 11.3 Å². The van der Waals surface area contributed by atoms with Crippen LogP contribution in [0.2, 0.25) is 0 Å². The third kappa shape index (κ3) is 4.74. The molecule has 1 aromatic heterocycles. The van der Waals surface area contributed by atoms with Crippen molar-refractivity contribution in [1.82, 2.24) is 15.1 Å². The summed E-state index contributed by atoms with van der Waals surface area (Å²) in [5, 5.41) is 17.0. The molecule has 6 nitrogen and oxygen atoms in total. The van der Waals surface area contributed by atoms with Gasteiger partial charge in [0.1, 0.15) is 17.3 Å².